The highest BCUT2D eigenvalue weighted by Gasteiger charge is 2.47. The molecule has 162 valence electrons. The van der Waals surface area contributed by atoms with Crippen molar-refractivity contribution >= 4 is 17.9 Å². The maximum absolute atomic E-state index is 11.0. The molecule has 1 aliphatic rings. The predicted octanol–water partition coefficient (Wildman–Crippen LogP) is 3.81. The van der Waals surface area contributed by atoms with Crippen LogP contribution >= 0.6 is 11.9 Å². The van der Waals surface area contributed by atoms with Gasteiger partial charge in [-0.05, 0) is 65.9 Å². The van der Waals surface area contributed by atoms with Crippen LogP contribution < -0.4 is 10.5 Å². The number of ether oxygens (including phenoxy) is 1. The summed E-state index contributed by atoms with van der Waals surface area (Å²) < 4.78 is 8.66. The van der Waals surface area contributed by atoms with Crippen molar-refractivity contribution in [3.8, 4) is 11.8 Å². The zero-order valence-corrected chi connectivity index (χ0v) is 18.2. The first-order chi connectivity index (χ1) is 15.5. The summed E-state index contributed by atoms with van der Waals surface area (Å²) in [5.74, 6) is -0.277. The molecule has 0 aromatic heterocycles. The highest BCUT2D eigenvalue weighted by molar-refractivity contribution is 7.97. The molecule has 1 atom stereocenters. The number of nitrogens with two attached hydrogens (primary N) is 1. The number of benzene rings is 3. The number of nitrogens with zero attached hydrogens (tertiary/aromatic N) is 2. The van der Waals surface area contributed by atoms with Gasteiger partial charge in [-0.25, -0.2) is 4.31 Å². The molecule has 0 aliphatic carbocycles. The zero-order chi connectivity index (χ0) is 22.6. The Balaban J connectivity index is 1.47. The number of rotatable bonds is 8. The van der Waals surface area contributed by atoms with Crippen LogP contribution in [0, 0.1) is 11.3 Å². The molecule has 32 heavy (non-hydrogen) atoms. The lowest BCUT2D eigenvalue weighted by atomic mass is 9.87. The van der Waals surface area contributed by atoms with Gasteiger partial charge in [-0.1, -0.05) is 42.5 Å². The number of aliphatic carboxylic acids is 1. The summed E-state index contributed by atoms with van der Waals surface area (Å²) in [6.07, 6.45) is 0.291. The van der Waals surface area contributed by atoms with E-state index in [1.54, 1.807) is 24.1 Å². The molecule has 0 radical (unpaired) electrons. The van der Waals surface area contributed by atoms with E-state index in [9.17, 15) is 4.79 Å². The van der Waals surface area contributed by atoms with E-state index in [0.717, 1.165) is 21.8 Å². The number of nitriles is 1. The highest BCUT2D eigenvalue weighted by atomic mass is 32.2. The van der Waals surface area contributed by atoms with Crippen molar-refractivity contribution < 1.29 is 14.6 Å². The van der Waals surface area contributed by atoms with Gasteiger partial charge in [0.2, 0.25) is 0 Å². The van der Waals surface area contributed by atoms with Crippen molar-refractivity contribution in [3.05, 3.63) is 95.6 Å². The molecule has 0 saturated carbocycles. The van der Waals surface area contributed by atoms with E-state index in [1.165, 1.54) is 0 Å². The van der Waals surface area contributed by atoms with Crippen LogP contribution in [-0.2, 0) is 16.8 Å². The fourth-order valence-electron chi connectivity index (χ4n) is 3.68. The van der Waals surface area contributed by atoms with E-state index in [2.05, 4.69) is 22.5 Å². The number of hydrogen-bond donors (Lipinski definition) is 2. The summed E-state index contributed by atoms with van der Waals surface area (Å²) >= 11 is 1.62. The molecule has 1 aliphatic heterocycles. The van der Waals surface area contributed by atoms with Gasteiger partial charge in [0.15, 0.2) is 5.60 Å². The largest absolute Gasteiger partial charge is 0.480 e. The average Bonchev–Trinajstić information content (AvgIpc) is 2.78. The Morgan fingerprint density at radius 1 is 1.12 bits per heavy atom. The van der Waals surface area contributed by atoms with Crippen molar-refractivity contribution in [1.82, 2.24) is 4.31 Å². The first-order valence-electron chi connectivity index (χ1n) is 10.2. The molecule has 1 saturated heterocycles. The van der Waals surface area contributed by atoms with E-state index in [-0.39, 0.29) is 0 Å². The van der Waals surface area contributed by atoms with Crippen LogP contribution in [0.2, 0.25) is 0 Å². The zero-order valence-electron chi connectivity index (χ0n) is 17.3. The quantitative estimate of drug-likeness (QED) is 0.509. The van der Waals surface area contributed by atoms with E-state index >= 15 is 0 Å². The monoisotopic (exact) mass is 445 g/mol. The van der Waals surface area contributed by atoms with Gasteiger partial charge in [-0.3, -0.25) is 4.79 Å². The lowest BCUT2D eigenvalue weighted by Gasteiger charge is -2.49. The van der Waals surface area contributed by atoms with Gasteiger partial charge < -0.3 is 15.6 Å². The van der Waals surface area contributed by atoms with Crippen LogP contribution in [-0.4, -0.2) is 34.5 Å². The Hall–Kier alpha value is -3.31. The van der Waals surface area contributed by atoms with Crippen molar-refractivity contribution in [2.75, 3.05) is 13.1 Å². The molecular formula is C25H23N3O3S. The molecule has 7 heteroatoms. The van der Waals surface area contributed by atoms with Crippen molar-refractivity contribution in [3.63, 3.8) is 0 Å². The van der Waals surface area contributed by atoms with Gasteiger partial charge in [0.05, 0.1) is 24.7 Å². The maximum atomic E-state index is 11.0. The minimum Gasteiger partial charge on any atom is -0.480 e. The summed E-state index contributed by atoms with van der Waals surface area (Å²) in [5, 5.41) is 18.1. The molecule has 1 fully saturated rings. The van der Waals surface area contributed by atoms with E-state index in [4.69, 9.17) is 20.8 Å². The Bertz CT molecular complexity index is 1120. The molecule has 0 bridgehead atoms. The standard InChI is InChI=1S/C25H23N3O3S/c26-15-18-9-11-21(12-10-18)31-25(20-6-2-1-3-7-20)16-28(17-25)32-22-8-4-5-19(13-22)14-23(27)24(29)30/h1-13,23H,14,16-17,27H2,(H,29,30). The summed E-state index contributed by atoms with van der Waals surface area (Å²) in [7, 11) is 0. The fourth-order valence-corrected chi connectivity index (χ4v) is 4.87. The van der Waals surface area contributed by atoms with Crippen LogP contribution in [0.5, 0.6) is 5.75 Å². The SMILES string of the molecule is N#Cc1ccc(OC2(c3ccccc3)CN(Sc3cccc(CC(N)C(=O)O)c3)C2)cc1. The highest BCUT2D eigenvalue weighted by Crippen LogP contribution is 2.42. The molecule has 1 heterocycles. The van der Waals surface area contributed by atoms with Gasteiger partial charge in [-0.15, -0.1) is 0 Å². The third kappa shape index (κ3) is 4.94. The van der Waals surface area contributed by atoms with Crippen LogP contribution in [0.3, 0.4) is 0 Å². The minimum absolute atomic E-state index is 0.291. The Morgan fingerprint density at radius 3 is 2.50 bits per heavy atom. The van der Waals surface area contributed by atoms with Crippen LogP contribution in [0.25, 0.3) is 0 Å². The van der Waals surface area contributed by atoms with Gasteiger partial charge in [-0.2, -0.15) is 5.26 Å². The number of carbonyl (C=O) groups is 1. The van der Waals surface area contributed by atoms with E-state index in [0.29, 0.717) is 25.1 Å². The van der Waals surface area contributed by atoms with Crippen LogP contribution in [0.15, 0.2) is 83.8 Å². The predicted molar refractivity (Wildman–Crippen MR) is 123 cm³/mol. The molecule has 3 aromatic carbocycles. The van der Waals surface area contributed by atoms with Crippen LogP contribution in [0.4, 0.5) is 0 Å². The molecular weight excluding hydrogens is 422 g/mol. The molecule has 0 amide bonds. The Kier molecular flexibility index (Phi) is 6.47. The third-order valence-corrected chi connectivity index (χ3v) is 6.35. The Morgan fingerprint density at radius 2 is 1.84 bits per heavy atom. The van der Waals surface area contributed by atoms with Gasteiger partial charge in [0.1, 0.15) is 11.8 Å². The van der Waals surface area contributed by atoms with Gasteiger partial charge >= 0.3 is 5.97 Å². The molecule has 0 spiro atoms. The lowest BCUT2D eigenvalue weighted by Crippen LogP contribution is -2.59. The second kappa shape index (κ2) is 9.45. The summed E-state index contributed by atoms with van der Waals surface area (Å²) in [4.78, 5) is 12.1. The van der Waals surface area contributed by atoms with Crippen molar-refractivity contribution in [1.29, 1.82) is 5.26 Å². The van der Waals surface area contributed by atoms with Crippen LogP contribution in [0.1, 0.15) is 16.7 Å². The molecule has 3 N–H and O–H groups in total. The molecule has 3 aromatic rings. The second-order valence-electron chi connectivity index (χ2n) is 7.78. The second-order valence-corrected chi connectivity index (χ2v) is 8.95. The lowest BCUT2D eigenvalue weighted by molar-refractivity contribution is -0.138. The smallest absolute Gasteiger partial charge is 0.320 e. The van der Waals surface area contributed by atoms with Gasteiger partial charge in [0, 0.05) is 4.90 Å². The maximum Gasteiger partial charge on any atom is 0.320 e. The van der Waals surface area contributed by atoms with E-state index in [1.807, 2.05) is 54.6 Å². The molecule has 1 unspecified atom stereocenters. The summed E-state index contributed by atoms with van der Waals surface area (Å²) in [6.45, 7) is 1.36. The third-order valence-electron chi connectivity index (χ3n) is 5.37. The fraction of sp³-hybridized carbons (Fsp3) is 0.200. The number of carboxylic acids is 1. The Labute approximate surface area is 191 Å². The minimum atomic E-state index is -1.00. The summed E-state index contributed by atoms with van der Waals surface area (Å²) in [6, 6.07) is 26.3. The van der Waals surface area contributed by atoms with Crippen molar-refractivity contribution in [2.24, 2.45) is 5.73 Å². The molecule has 4 rings (SSSR count). The van der Waals surface area contributed by atoms with Gasteiger partial charge in [0.25, 0.3) is 0 Å². The topological polar surface area (TPSA) is 99.6 Å². The first kappa shape index (κ1) is 21.9. The first-order valence-corrected chi connectivity index (χ1v) is 11.0. The normalized spacial score (nSPS) is 15.9. The molecule has 6 nitrogen and oxygen atoms in total. The van der Waals surface area contributed by atoms with E-state index < -0.39 is 17.6 Å². The number of carboxylic acid groups (broad SMARTS) is 1. The average molecular weight is 446 g/mol. The summed E-state index contributed by atoms with van der Waals surface area (Å²) in [5.41, 5.74) is 7.79. The van der Waals surface area contributed by atoms with Crippen molar-refractivity contribution in [2.45, 2.75) is 23.0 Å². The number of hydrogen-bond acceptors (Lipinski definition) is 6.